The molecule has 1 aliphatic rings. The van der Waals surface area contributed by atoms with Gasteiger partial charge in [-0.2, -0.15) is 0 Å². The topological polar surface area (TPSA) is 76.6 Å². The molecule has 0 aliphatic carbocycles. The molecule has 0 amide bonds. The van der Waals surface area contributed by atoms with E-state index < -0.39 is 0 Å². The molecule has 1 saturated heterocycles. The number of morpholine rings is 1. The molecule has 1 aliphatic heterocycles. The van der Waals surface area contributed by atoms with Crippen LogP contribution in [0.3, 0.4) is 0 Å². The van der Waals surface area contributed by atoms with Crippen molar-refractivity contribution in [3.05, 3.63) is 23.8 Å². The van der Waals surface area contributed by atoms with E-state index in [1.165, 1.54) is 5.56 Å². The van der Waals surface area contributed by atoms with Crippen LogP contribution in [0.1, 0.15) is 31.4 Å². The van der Waals surface area contributed by atoms with E-state index in [9.17, 15) is 0 Å². The lowest BCUT2D eigenvalue weighted by Gasteiger charge is -2.35. The summed E-state index contributed by atoms with van der Waals surface area (Å²) in [5.74, 6) is 2.24. The third kappa shape index (κ3) is 9.38. The molecule has 0 bridgehead atoms. The molecule has 1 aromatic rings. The molecule has 0 spiro atoms. The van der Waals surface area contributed by atoms with Gasteiger partial charge in [0.15, 0.2) is 17.5 Å². The number of hydrogen-bond donors (Lipinski definition) is 2. The lowest BCUT2D eigenvalue weighted by molar-refractivity contribution is 0.0169. The Morgan fingerprint density at radius 1 is 1.13 bits per heavy atom. The molecule has 0 aromatic heterocycles. The van der Waals surface area contributed by atoms with Crippen LogP contribution in [-0.4, -0.2) is 84.7 Å². The van der Waals surface area contributed by atoms with Crippen molar-refractivity contribution in [1.29, 1.82) is 0 Å². The van der Waals surface area contributed by atoms with E-state index in [2.05, 4.69) is 39.6 Å². The number of halogens is 1. The Balaban J connectivity index is 0.00000480. The highest BCUT2D eigenvalue weighted by Crippen LogP contribution is 2.32. The van der Waals surface area contributed by atoms with Crippen molar-refractivity contribution in [3.63, 3.8) is 0 Å². The average molecular weight is 550 g/mol. The number of rotatable bonds is 12. The number of methoxy groups -OCH3 is 2. The van der Waals surface area contributed by atoms with Gasteiger partial charge in [-0.15, -0.1) is 24.0 Å². The molecular formula is C22H39IN4O4. The normalized spacial score (nSPS) is 15.7. The zero-order chi connectivity index (χ0) is 21.6. The maximum Gasteiger partial charge on any atom is 0.191 e. The summed E-state index contributed by atoms with van der Waals surface area (Å²) in [6.45, 7) is 8.34. The van der Waals surface area contributed by atoms with Gasteiger partial charge in [0.05, 0.1) is 40.1 Å². The van der Waals surface area contributed by atoms with E-state index >= 15 is 0 Å². The highest BCUT2D eigenvalue weighted by atomic mass is 127. The molecule has 178 valence electrons. The molecule has 1 aromatic carbocycles. The summed E-state index contributed by atoms with van der Waals surface area (Å²) < 4.78 is 22.1. The molecule has 8 nitrogen and oxygen atoms in total. The van der Waals surface area contributed by atoms with Gasteiger partial charge in [-0.05, 0) is 24.1 Å². The van der Waals surface area contributed by atoms with Crippen LogP contribution in [0.2, 0.25) is 0 Å². The van der Waals surface area contributed by atoms with Crippen LogP contribution in [0.5, 0.6) is 11.5 Å². The Morgan fingerprint density at radius 3 is 2.52 bits per heavy atom. The van der Waals surface area contributed by atoms with E-state index in [0.29, 0.717) is 13.2 Å². The number of benzene rings is 1. The predicted molar refractivity (Wildman–Crippen MR) is 135 cm³/mol. The number of hydrogen-bond acceptors (Lipinski definition) is 6. The van der Waals surface area contributed by atoms with Gasteiger partial charge in [0, 0.05) is 39.8 Å². The van der Waals surface area contributed by atoms with Crippen molar-refractivity contribution in [2.45, 2.75) is 25.8 Å². The van der Waals surface area contributed by atoms with Gasteiger partial charge in [-0.1, -0.05) is 19.4 Å². The summed E-state index contributed by atoms with van der Waals surface area (Å²) in [5, 5.41) is 6.79. The Hall–Kier alpha value is -1.30. The maximum atomic E-state index is 5.61. The van der Waals surface area contributed by atoms with Crippen molar-refractivity contribution in [3.8, 4) is 11.5 Å². The fourth-order valence-corrected chi connectivity index (χ4v) is 3.41. The van der Waals surface area contributed by atoms with Crippen LogP contribution in [0.4, 0.5) is 0 Å². The van der Waals surface area contributed by atoms with Gasteiger partial charge in [0.2, 0.25) is 0 Å². The first-order chi connectivity index (χ1) is 14.7. The Bertz CT molecular complexity index is 642. The second-order valence-electron chi connectivity index (χ2n) is 7.12. The van der Waals surface area contributed by atoms with Crippen molar-refractivity contribution < 1.29 is 18.9 Å². The molecule has 2 rings (SSSR count). The molecule has 1 unspecified atom stereocenters. The number of guanidine groups is 1. The summed E-state index contributed by atoms with van der Waals surface area (Å²) in [4.78, 5) is 6.77. The van der Waals surface area contributed by atoms with Gasteiger partial charge in [-0.3, -0.25) is 9.89 Å². The first-order valence-corrected chi connectivity index (χ1v) is 10.8. The quantitative estimate of drug-likeness (QED) is 0.179. The number of nitrogens with one attached hydrogen (secondary N) is 2. The van der Waals surface area contributed by atoms with Crippen molar-refractivity contribution in [2.75, 3.05) is 73.9 Å². The molecule has 0 saturated carbocycles. The van der Waals surface area contributed by atoms with Gasteiger partial charge in [0.1, 0.15) is 0 Å². The van der Waals surface area contributed by atoms with Crippen molar-refractivity contribution in [2.24, 2.45) is 4.99 Å². The number of unbranched alkanes of at least 4 members (excludes halogenated alkanes) is 1. The van der Waals surface area contributed by atoms with E-state index in [1.807, 2.05) is 6.07 Å². The second-order valence-corrected chi connectivity index (χ2v) is 7.12. The summed E-state index contributed by atoms with van der Waals surface area (Å²) in [5.41, 5.74) is 1.17. The molecule has 1 fully saturated rings. The van der Waals surface area contributed by atoms with E-state index in [4.69, 9.17) is 18.9 Å². The smallest absolute Gasteiger partial charge is 0.191 e. The third-order valence-corrected chi connectivity index (χ3v) is 5.15. The van der Waals surface area contributed by atoms with E-state index in [0.717, 1.165) is 69.8 Å². The summed E-state index contributed by atoms with van der Waals surface area (Å²) >= 11 is 0. The molecule has 1 heterocycles. The molecule has 1 atom stereocenters. The van der Waals surface area contributed by atoms with Crippen LogP contribution in [0.25, 0.3) is 0 Å². The van der Waals surface area contributed by atoms with E-state index in [1.54, 1.807) is 21.3 Å². The predicted octanol–water partition coefficient (Wildman–Crippen LogP) is 2.68. The van der Waals surface area contributed by atoms with Crippen molar-refractivity contribution in [1.82, 2.24) is 15.5 Å². The average Bonchev–Trinajstić information content (AvgIpc) is 2.80. The van der Waals surface area contributed by atoms with Crippen LogP contribution in [0, 0.1) is 0 Å². The molecule has 0 radical (unpaired) electrons. The highest BCUT2D eigenvalue weighted by Gasteiger charge is 2.24. The number of nitrogens with zero attached hydrogens (tertiary/aromatic N) is 2. The minimum absolute atomic E-state index is 0. The second kappa shape index (κ2) is 16.3. The lowest BCUT2D eigenvalue weighted by atomic mass is 10.0. The fourth-order valence-electron chi connectivity index (χ4n) is 3.41. The maximum absolute atomic E-state index is 5.61. The largest absolute Gasteiger partial charge is 0.493 e. The molecule has 9 heteroatoms. The Morgan fingerprint density at radius 2 is 1.87 bits per heavy atom. The standard InChI is InChI=1S/C22H38N4O4.HI/c1-5-6-12-29-13-9-24-22(23-2)25-17-19(26-10-14-30-15-11-26)18-7-8-20(27-3)21(16-18)28-4;/h7-8,16,19H,5-6,9-15,17H2,1-4H3,(H2,23,24,25);1H. The minimum atomic E-state index is 0. The SMILES string of the molecule is CCCCOCCNC(=NC)NCC(c1ccc(OC)c(OC)c1)N1CCOCC1.I. The van der Waals surface area contributed by atoms with Crippen LogP contribution >= 0.6 is 24.0 Å². The Labute approximate surface area is 204 Å². The fraction of sp³-hybridized carbons (Fsp3) is 0.682. The molecule has 2 N–H and O–H groups in total. The first kappa shape index (κ1) is 27.7. The third-order valence-electron chi connectivity index (χ3n) is 5.15. The Kier molecular flexibility index (Phi) is 14.6. The highest BCUT2D eigenvalue weighted by molar-refractivity contribution is 14.0. The van der Waals surface area contributed by atoms with Crippen LogP contribution < -0.4 is 20.1 Å². The van der Waals surface area contributed by atoms with Gasteiger partial charge in [-0.25, -0.2) is 0 Å². The van der Waals surface area contributed by atoms with Gasteiger partial charge < -0.3 is 29.6 Å². The number of aliphatic imine (C=N–C) groups is 1. The minimum Gasteiger partial charge on any atom is -0.493 e. The first-order valence-electron chi connectivity index (χ1n) is 10.8. The summed E-state index contributed by atoms with van der Waals surface area (Å²) in [6, 6.07) is 6.27. The molecule has 31 heavy (non-hydrogen) atoms. The lowest BCUT2D eigenvalue weighted by Crippen LogP contribution is -2.46. The molecular weight excluding hydrogens is 511 g/mol. The van der Waals surface area contributed by atoms with E-state index in [-0.39, 0.29) is 30.0 Å². The van der Waals surface area contributed by atoms with Gasteiger partial charge in [0.25, 0.3) is 0 Å². The van der Waals surface area contributed by atoms with Crippen molar-refractivity contribution >= 4 is 29.9 Å². The van der Waals surface area contributed by atoms with Crippen LogP contribution in [-0.2, 0) is 9.47 Å². The van der Waals surface area contributed by atoms with Gasteiger partial charge >= 0.3 is 0 Å². The summed E-state index contributed by atoms with van der Waals surface area (Å²) in [7, 11) is 5.10. The monoisotopic (exact) mass is 550 g/mol. The number of ether oxygens (including phenoxy) is 4. The zero-order valence-electron chi connectivity index (χ0n) is 19.3. The zero-order valence-corrected chi connectivity index (χ0v) is 21.6. The summed E-state index contributed by atoms with van der Waals surface area (Å²) in [6.07, 6.45) is 2.25. The van der Waals surface area contributed by atoms with Crippen LogP contribution in [0.15, 0.2) is 23.2 Å².